The molecule has 1 aliphatic rings. The number of halogens is 2. The van der Waals surface area contributed by atoms with Gasteiger partial charge in [-0.25, -0.2) is 4.99 Å². The van der Waals surface area contributed by atoms with Crippen molar-refractivity contribution in [3.63, 3.8) is 0 Å². The van der Waals surface area contributed by atoms with Crippen molar-refractivity contribution in [2.75, 3.05) is 26.3 Å². The maximum absolute atomic E-state index is 10.3. The summed E-state index contributed by atoms with van der Waals surface area (Å²) in [6.07, 6.45) is 0.363. The van der Waals surface area contributed by atoms with Crippen molar-refractivity contribution in [3.8, 4) is 5.75 Å². The van der Waals surface area contributed by atoms with Gasteiger partial charge in [0.1, 0.15) is 18.0 Å². The molecular formula is C21H29ClIN3O3S. The fraction of sp³-hybridized carbons (Fsp3) is 0.476. The number of hydrogen-bond donors (Lipinski definition) is 3. The highest BCUT2D eigenvalue weighted by molar-refractivity contribution is 14.0. The maximum atomic E-state index is 10.3. The number of hydrogen-bond acceptors (Lipinski definition) is 5. The number of ether oxygens (including phenoxy) is 2. The lowest BCUT2D eigenvalue weighted by Gasteiger charge is -2.17. The largest absolute Gasteiger partial charge is 0.488 e. The molecule has 1 saturated heterocycles. The van der Waals surface area contributed by atoms with Gasteiger partial charge in [0.25, 0.3) is 0 Å². The fourth-order valence-corrected chi connectivity index (χ4v) is 4.04. The molecule has 9 heteroatoms. The smallest absolute Gasteiger partial charge is 0.191 e. The van der Waals surface area contributed by atoms with Crippen molar-refractivity contribution in [1.29, 1.82) is 0 Å². The van der Waals surface area contributed by atoms with Crippen molar-refractivity contribution in [2.45, 2.75) is 39.0 Å². The molecule has 1 fully saturated rings. The van der Waals surface area contributed by atoms with Crippen molar-refractivity contribution < 1.29 is 14.6 Å². The summed E-state index contributed by atoms with van der Waals surface area (Å²) in [6.45, 7) is 6.98. The molecule has 166 valence electrons. The first-order valence-corrected chi connectivity index (χ1v) is 11.0. The Balaban J connectivity index is 0.00000320. The molecule has 3 N–H and O–H groups in total. The molecule has 0 radical (unpaired) electrons. The molecule has 0 aliphatic carbocycles. The lowest BCUT2D eigenvalue weighted by molar-refractivity contribution is 0.140. The summed E-state index contributed by atoms with van der Waals surface area (Å²) in [5, 5.41) is 16.8. The van der Waals surface area contributed by atoms with Crippen molar-refractivity contribution in [1.82, 2.24) is 10.6 Å². The number of aliphatic hydroxyl groups is 1. The number of guanidine groups is 1. The number of aryl methyl sites for hydroxylation is 1. The minimum Gasteiger partial charge on any atom is -0.488 e. The van der Waals surface area contributed by atoms with E-state index in [1.165, 1.54) is 11.3 Å². The topological polar surface area (TPSA) is 75.1 Å². The fourth-order valence-electron chi connectivity index (χ4n) is 2.99. The summed E-state index contributed by atoms with van der Waals surface area (Å²) in [5.74, 6) is 1.50. The first-order chi connectivity index (χ1) is 14.0. The zero-order valence-electron chi connectivity index (χ0n) is 17.2. The number of aliphatic hydroxyl groups excluding tert-OH is 1. The highest BCUT2D eigenvalue weighted by Crippen LogP contribution is 2.27. The molecule has 2 aromatic rings. The van der Waals surface area contributed by atoms with Gasteiger partial charge in [0.2, 0.25) is 0 Å². The van der Waals surface area contributed by atoms with E-state index < -0.39 is 6.10 Å². The molecule has 1 aromatic heterocycles. The van der Waals surface area contributed by atoms with E-state index in [1.807, 2.05) is 19.1 Å². The van der Waals surface area contributed by atoms with Gasteiger partial charge in [-0.05, 0) is 37.6 Å². The molecule has 2 heterocycles. The van der Waals surface area contributed by atoms with Crippen LogP contribution in [0.15, 0.2) is 35.3 Å². The number of benzene rings is 1. The van der Waals surface area contributed by atoms with E-state index in [9.17, 15) is 5.11 Å². The van der Waals surface area contributed by atoms with Crippen LogP contribution in [-0.4, -0.2) is 43.5 Å². The predicted molar refractivity (Wildman–Crippen MR) is 134 cm³/mol. The van der Waals surface area contributed by atoms with E-state index in [1.54, 1.807) is 6.07 Å². The summed E-state index contributed by atoms with van der Waals surface area (Å²) >= 11 is 7.33. The Bertz CT molecular complexity index is 828. The van der Waals surface area contributed by atoms with Crippen LogP contribution in [0.3, 0.4) is 0 Å². The third kappa shape index (κ3) is 7.56. The second kappa shape index (κ2) is 12.7. The molecule has 0 spiro atoms. The summed E-state index contributed by atoms with van der Waals surface area (Å²) in [4.78, 5) is 5.49. The average Bonchev–Trinajstić information content (AvgIpc) is 3.36. The first-order valence-electron chi connectivity index (χ1n) is 9.84. The summed E-state index contributed by atoms with van der Waals surface area (Å²) in [7, 11) is 0. The Hall–Kier alpha value is -1.07. The Kier molecular flexibility index (Phi) is 10.7. The molecule has 1 aliphatic heterocycles. The van der Waals surface area contributed by atoms with Gasteiger partial charge in [0.15, 0.2) is 5.96 Å². The Labute approximate surface area is 204 Å². The molecule has 2 atom stereocenters. The molecule has 6 nitrogen and oxygen atoms in total. The molecular weight excluding hydrogens is 537 g/mol. The Morgan fingerprint density at radius 3 is 2.87 bits per heavy atom. The maximum Gasteiger partial charge on any atom is 0.191 e. The zero-order chi connectivity index (χ0) is 20.6. The number of thiophene rings is 1. The summed E-state index contributed by atoms with van der Waals surface area (Å²) in [5.41, 5.74) is 2.17. The van der Waals surface area contributed by atoms with Crippen LogP contribution in [0, 0.1) is 6.92 Å². The lowest BCUT2D eigenvalue weighted by atomic mass is 10.1. The van der Waals surface area contributed by atoms with Crippen LogP contribution < -0.4 is 15.4 Å². The van der Waals surface area contributed by atoms with E-state index in [0.29, 0.717) is 30.0 Å². The first kappa shape index (κ1) is 25.2. The lowest BCUT2D eigenvalue weighted by Crippen LogP contribution is -2.39. The molecule has 0 amide bonds. The van der Waals surface area contributed by atoms with Crippen LogP contribution in [0.1, 0.15) is 35.5 Å². The van der Waals surface area contributed by atoms with E-state index in [0.717, 1.165) is 41.3 Å². The van der Waals surface area contributed by atoms with E-state index in [-0.39, 0.29) is 30.1 Å². The highest BCUT2D eigenvalue weighted by atomic mass is 127. The number of nitrogens with one attached hydrogen (secondary N) is 2. The molecule has 0 saturated carbocycles. The quantitative estimate of drug-likeness (QED) is 0.253. The SMILES string of the molecule is CCNC(=NCc1ccc(C)cc1OC1CCOC1)NCC(O)c1ccc(Cl)s1.I. The monoisotopic (exact) mass is 565 g/mol. The number of aliphatic imine (C=N–C) groups is 1. The predicted octanol–water partition coefficient (Wildman–Crippen LogP) is 4.28. The van der Waals surface area contributed by atoms with Crippen LogP contribution in [0.5, 0.6) is 5.75 Å². The van der Waals surface area contributed by atoms with E-state index in [4.69, 9.17) is 21.1 Å². The zero-order valence-corrected chi connectivity index (χ0v) is 21.1. The van der Waals surface area contributed by atoms with Gasteiger partial charge >= 0.3 is 0 Å². The van der Waals surface area contributed by atoms with Crippen LogP contribution in [-0.2, 0) is 11.3 Å². The molecule has 2 unspecified atom stereocenters. The normalized spacial score (nSPS) is 17.3. The minimum atomic E-state index is -0.642. The number of rotatable bonds is 8. The Morgan fingerprint density at radius 2 is 2.20 bits per heavy atom. The van der Waals surface area contributed by atoms with Gasteiger partial charge in [0, 0.05) is 30.0 Å². The molecule has 1 aromatic carbocycles. The van der Waals surface area contributed by atoms with Crippen molar-refractivity contribution in [2.24, 2.45) is 4.99 Å². The van der Waals surface area contributed by atoms with E-state index >= 15 is 0 Å². The Morgan fingerprint density at radius 1 is 1.37 bits per heavy atom. The summed E-state index contributed by atoms with van der Waals surface area (Å²) in [6, 6.07) is 9.79. The van der Waals surface area contributed by atoms with Crippen LogP contribution >= 0.6 is 46.9 Å². The second-order valence-corrected chi connectivity index (χ2v) is 8.70. The number of nitrogens with zero attached hydrogens (tertiary/aromatic N) is 1. The van der Waals surface area contributed by atoms with Gasteiger partial charge in [-0.3, -0.25) is 0 Å². The second-order valence-electron chi connectivity index (χ2n) is 6.95. The molecule has 0 bridgehead atoms. The third-order valence-electron chi connectivity index (χ3n) is 4.54. The standard InChI is InChI=1S/C21H28ClN3O3S.HI/c1-3-23-21(25-12-17(26)19-6-7-20(22)29-19)24-11-15-5-4-14(2)10-18(15)28-16-8-9-27-13-16;/h4-7,10,16-17,26H,3,8-9,11-13H2,1-2H3,(H2,23,24,25);1H. The highest BCUT2D eigenvalue weighted by Gasteiger charge is 2.19. The molecule has 3 rings (SSSR count). The van der Waals surface area contributed by atoms with Gasteiger partial charge in [-0.15, -0.1) is 35.3 Å². The van der Waals surface area contributed by atoms with Crippen LogP contribution in [0.2, 0.25) is 4.34 Å². The van der Waals surface area contributed by atoms with Gasteiger partial charge < -0.3 is 25.2 Å². The van der Waals surface area contributed by atoms with Crippen LogP contribution in [0.25, 0.3) is 0 Å². The van der Waals surface area contributed by atoms with Gasteiger partial charge in [-0.1, -0.05) is 23.7 Å². The third-order valence-corrected chi connectivity index (χ3v) is 5.87. The minimum absolute atomic E-state index is 0. The average molecular weight is 566 g/mol. The summed E-state index contributed by atoms with van der Waals surface area (Å²) < 4.78 is 12.2. The van der Waals surface area contributed by atoms with Gasteiger partial charge in [-0.2, -0.15) is 0 Å². The molecule has 30 heavy (non-hydrogen) atoms. The van der Waals surface area contributed by atoms with Crippen molar-refractivity contribution in [3.05, 3.63) is 50.7 Å². The van der Waals surface area contributed by atoms with E-state index in [2.05, 4.69) is 34.7 Å². The van der Waals surface area contributed by atoms with Crippen molar-refractivity contribution >= 4 is 52.9 Å². The van der Waals surface area contributed by atoms with Gasteiger partial charge in [0.05, 0.1) is 24.1 Å². The van der Waals surface area contributed by atoms with Crippen LogP contribution in [0.4, 0.5) is 0 Å².